The molecule has 0 bridgehead atoms. The maximum atomic E-state index is 6.24. The molecule has 0 amide bonds. The topological polar surface area (TPSA) is 43.8 Å². The molecule has 3 rings (SSSR count). The monoisotopic (exact) mass is 361 g/mol. The van der Waals surface area contributed by atoms with Crippen molar-refractivity contribution in [2.75, 3.05) is 5.73 Å². The van der Waals surface area contributed by atoms with Gasteiger partial charge < -0.3 is 5.73 Å². The van der Waals surface area contributed by atoms with Gasteiger partial charge in [0.2, 0.25) is 0 Å². The highest BCUT2D eigenvalue weighted by Crippen LogP contribution is 2.23. The maximum Gasteiger partial charge on any atom is 0.0674 e. The summed E-state index contributed by atoms with van der Waals surface area (Å²) < 4.78 is 2.85. The van der Waals surface area contributed by atoms with E-state index in [0.29, 0.717) is 6.54 Å². The van der Waals surface area contributed by atoms with Crippen LogP contribution in [0.1, 0.15) is 5.56 Å². The maximum absolute atomic E-state index is 6.24. The predicted molar refractivity (Wildman–Crippen MR) is 90.3 cm³/mol. The van der Waals surface area contributed by atoms with Crippen molar-refractivity contribution in [1.29, 1.82) is 0 Å². The van der Waals surface area contributed by atoms with Gasteiger partial charge in [-0.05, 0) is 35.4 Å². The Morgan fingerprint density at radius 2 is 1.86 bits per heavy atom. The number of hydrogen-bond donors (Lipinski definition) is 1. The lowest BCUT2D eigenvalue weighted by atomic mass is 10.1. The average Bonchev–Trinajstić information content (AvgIpc) is 2.91. The van der Waals surface area contributed by atoms with Crippen molar-refractivity contribution in [2.24, 2.45) is 0 Å². The van der Waals surface area contributed by atoms with Crippen molar-refractivity contribution < 1.29 is 0 Å². The van der Waals surface area contributed by atoms with E-state index in [1.54, 1.807) is 0 Å². The number of aromatic nitrogens is 2. The quantitative estimate of drug-likeness (QED) is 0.692. The first-order chi connectivity index (χ1) is 10.1. The molecule has 0 aliphatic rings. The molecular formula is C16H13BrClN3. The third-order valence-corrected chi connectivity index (χ3v) is 4.07. The molecular weight excluding hydrogens is 350 g/mol. The van der Waals surface area contributed by atoms with E-state index < -0.39 is 0 Å². The van der Waals surface area contributed by atoms with Crippen LogP contribution in [0.5, 0.6) is 0 Å². The van der Waals surface area contributed by atoms with Gasteiger partial charge >= 0.3 is 0 Å². The number of hydrogen-bond acceptors (Lipinski definition) is 2. The highest BCUT2D eigenvalue weighted by molar-refractivity contribution is 9.10. The highest BCUT2D eigenvalue weighted by Gasteiger charge is 2.05. The SMILES string of the molecule is Nc1ccc(-c2cnn(Cc3ccc(Br)cc3Cl)c2)cc1. The van der Waals surface area contributed by atoms with Crippen LogP contribution in [0, 0.1) is 0 Å². The van der Waals surface area contributed by atoms with E-state index in [-0.39, 0.29) is 0 Å². The Bertz CT molecular complexity index is 765. The fourth-order valence-corrected chi connectivity index (χ4v) is 2.83. The normalized spacial score (nSPS) is 10.8. The number of nitrogen functional groups attached to an aromatic ring is 1. The molecule has 0 unspecified atom stereocenters. The summed E-state index contributed by atoms with van der Waals surface area (Å²) in [5.41, 5.74) is 9.65. The van der Waals surface area contributed by atoms with Crippen LogP contribution >= 0.6 is 27.5 Å². The lowest BCUT2D eigenvalue weighted by Crippen LogP contribution is -2.00. The highest BCUT2D eigenvalue weighted by atomic mass is 79.9. The third-order valence-electron chi connectivity index (χ3n) is 3.22. The van der Waals surface area contributed by atoms with Crippen LogP contribution < -0.4 is 5.73 Å². The summed E-state index contributed by atoms with van der Waals surface area (Å²) in [6.45, 7) is 0.640. The van der Waals surface area contributed by atoms with Crippen LogP contribution in [0.2, 0.25) is 5.02 Å². The summed E-state index contributed by atoms with van der Waals surface area (Å²) in [5.74, 6) is 0. The minimum absolute atomic E-state index is 0.640. The molecule has 0 spiro atoms. The van der Waals surface area contributed by atoms with E-state index in [4.69, 9.17) is 17.3 Å². The van der Waals surface area contributed by atoms with E-state index in [2.05, 4.69) is 21.0 Å². The fraction of sp³-hybridized carbons (Fsp3) is 0.0625. The molecule has 0 fully saturated rings. The van der Waals surface area contributed by atoms with Crippen molar-refractivity contribution in [3.8, 4) is 11.1 Å². The lowest BCUT2D eigenvalue weighted by molar-refractivity contribution is 0.687. The Kier molecular flexibility index (Phi) is 3.99. The van der Waals surface area contributed by atoms with E-state index in [1.807, 2.05) is 59.5 Å². The Morgan fingerprint density at radius 3 is 2.57 bits per heavy atom. The number of halogens is 2. The molecule has 1 heterocycles. The van der Waals surface area contributed by atoms with Crippen LogP contribution in [0.15, 0.2) is 59.3 Å². The van der Waals surface area contributed by atoms with Crippen LogP contribution in [-0.4, -0.2) is 9.78 Å². The summed E-state index contributed by atoms with van der Waals surface area (Å²) in [7, 11) is 0. The molecule has 0 radical (unpaired) electrons. The zero-order chi connectivity index (χ0) is 14.8. The zero-order valence-corrected chi connectivity index (χ0v) is 13.5. The van der Waals surface area contributed by atoms with Gasteiger partial charge in [-0.25, -0.2) is 0 Å². The lowest BCUT2D eigenvalue weighted by Gasteiger charge is -2.05. The molecule has 0 aliphatic carbocycles. The van der Waals surface area contributed by atoms with Crippen LogP contribution in [0.3, 0.4) is 0 Å². The summed E-state index contributed by atoms with van der Waals surface area (Å²) >= 11 is 9.64. The van der Waals surface area contributed by atoms with Crippen LogP contribution in [-0.2, 0) is 6.54 Å². The van der Waals surface area contributed by atoms with Crippen LogP contribution in [0.25, 0.3) is 11.1 Å². The molecule has 106 valence electrons. The van der Waals surface area contributed by atoms with Crippen molar-refractivity contribution in [2.45, 2.75) is 6.54 Å². The van der Waals surface area contributed by atoms with Gasteiger partial charge in [0.15, 0.2) is 0 Å². The Balaban J connectivity index is 1.83. The number of benzene rings is 2. The zero-order valence-electron chi connectivity index (χ0n) is 11.1. The fourth-order valence-electron chi connectivity index (χ4n) is 2.10. The second-order valence-electron chi connectivity index (χ2n) is 4.78. The summed E-state index contributed by atoms with van der Waals surface area (Å²) in [4.78, 5) is 0. The third kappa shape index (κ3) is 3.28. The van der Waals surface area contributed by atoms with E-state index in [0.717, 1.165) is 31.9 Å². The van der Waals surface area contributed by atoms with Gasteiger partial charge in [0, 0.05) is 26.9 Å². The average molecular weight is 363 g/mol. The molecule has 21 heavy (non-hydrogen) atoms. The minimum Gasteiger partial charge on any atom is -0.399 e. The molecule has 0 saturated heterocycles. The van der Waals surface area contributed by atoms with Crippen molar-refractivity contribution >= 4 is 33.2 Å². The Morgan fingerprint density at radius 1 is 1.10 bits per heavy atom. The van der Waals surface area contributed by atoms with Gasteiger partial charge in [0.25, 0.3) is 0 Å². The first-order valence-corrected chi connectivity index (χ1v) is 7.61. The standard InChI is InChI=1S/C16H13BrClN3/c17-14-4-1-12(16(18)7-14)9-21-10-13(8-20-21)11-2-5-15(19)6-3-11/h1-8,10H,9,19H2. The van der Waals surface area contributed by atoms with Crippen molar-refractivity contribution in [3.63, 3.8) is 0 Å². The predicted octanol–water partition coefficient (Wildman–Crippen LogP) is 4.60. The van der Waals surface area contributed by atoms with Gasteiger partial charge in [-0.1, -0.05) is 45.7 Å². The first kappa shape index (κ1) is 14.2. The molecule has 3 nitrogen and oxygen atoms in total. The largest absolute Gasteiger partial charge is 0.399 e. The van der Waals surface area contributed by atoms with Crippen molar-refractivity contribution in [3.05, 3.63) is 69.9 Å². The summed E-state index contributed by atoms with van der Waals surface area (Å²) in [6.07, 6.45) is 3.85. The van der Waals surface area contributed by atoms with Crippen molar-refractivity contribution in [1.82, 2.24) is 9.78 Å². The Labute approximate surface area is 136 Å². The van der Waals surface area contributed by atoms with Gasteiger partial charge in [-0.2, -0.15) is 5.10 Å². The van der Waals surface area contributed by atoms with E-state index >= 15 is 0 Å². The minimum atomic E-state index is 0.640. The molecule has 2 aromatic carbocycles. The van der Waals surface area contributed by atoms with Gasteiger partial charge in [0.1, 0.15) is 0 Å². The number of anilines is 1. The van der Waals surface area contributed by atoms with Crippen LogP contribution in [0.4, 0.5) is 5.69 Å². The smallest absolute Gasteiger partial charge is 0.0674 e. The summed E-state index contributed by atoms with van der Waals surface area (Å²) in [6, 6.07) is 13.6. The Hall–Kier alpha value is -1.78. The number of nitrogens with zero attached hydrogens (tertiary/aromatic N) is 2. The van der Waals surface area contributed by atoms with Gasteiger partial charge in [0.05, 0.1) is 12.7 Å². The second kappa shape index (κ2) is 5.92. The molecule has 3 aromatic rings. The molecule has 0 saturated carbocycles. The number of rotatable bonds is 3. The second-order valence-corrected chi connectivity index (χ2v) is 6.11. The number of nitrogens with two attached hydrogens (primary N) is 1. The van der Waals surface area contributed by atoms with Gasteiger partial charge in [-0.3, -0.25) is 4.68 Å². The first-order valence-electron chi connectivity index (χ1n) is 6.44. The molecule has 1 aromatic heterocycles. The van der Waals surface area contributed by atoms with E-state index in [1.165, 1.54) is 0 Å². The summed E-state index contributed by atoms with van der Waals surface area (Å²) in [5, 5.41) is 5.12. The molecule has 0 aliphatic heterocycles. The molecule has 0 atom stereocenters. The van der Waals surface area contributed by atoms with Gasteiger partial charge in [-0.15, -0.1) is 0 Å². The molecule has 5 heteroatoms. The van der Waals surface area contributed by atoms with E-state index in [9.17, 15) is 0 Å². The molecule has 2 N–H and O–H groups in total.